The summed E-state index contributed by atoms with van der Waals surface area (Å²) in [4.78, 5) is 4.32. The molecule has 0 radical (unpaired) electrons. The van der Waals surface area contributed by atoms with Crippen LogP contribution < -0.4 is 15.5 Å². The quantitative estimate of drug-likeness (QED) is 0.834. The van der Waals surface area contributed by atoms with Crippen molar-refractivity contribution in [3.8, 4) is 0 Å². The normalized spacial score (nSPS) is 10.8. The first-order chi connectivity index (χ1) is 7.54. The van der Waals surface area contributed by atoms with Crippen LogP contribution in [0.25, 0.3) is 10.2 Å². The van der Waals surface area contributed by atoms with Gasteiger partial charge in [-0.05, 0) is 22.0 Å². The maximum absolute atomic E-state index is 6.05. The monoisotopic (exact) mass is 320 g/mol. The van der Waals surface area contributed by atoms with Gasteiger partial charge in [-0.3, -0.25) is 4.42 Å². The van der Waals surface area contributed by atoms with Crippen LogP contribution in [0.5, 0.6) is 0 Å². The zero-order chi connectivity index (χ0) is 11.9. The molecule has 0 aliphatic carbocycles. The molecule has 0 fully saturated rings. The Morgan fingerprint density at radius 3 is 2.88 bits per heavy atom. The number of hydrogen-bond donors (Lipinski definition) is 2. The molecule has 0 saturated carbocycles. The first-order valence-corrected chi connectivity index (χ1v) is 6.45. The lowest BCUT2D eigenvalue weighted by Gasteiger charge is -2.16. The van der Waals surface area contributed by atoms with E-state index in [9.17, 15) is 0 Å². The van der Waals surface area contributed by atoms with E-state index in [1.54, 1.807) is 25.4 Å². The van der Waals surface area contributed by atoms with Gasteiger partial charge in [-0.2, -0.15) is 0 Å². The number of thiophene rings is 1. The molecule has 0 aliphatic heterocycles. The van der Waals surface area contributed by atoms with Gasteiger partial charge in [-0.25, -0.2) is 4.98 Å². The van der Waals surface area contributed by atoms with Crippen molar-refractivity contribution in [3.05, 3.63) is 9.85 Å². The largest absolute Gasteiger partial charge is 0.383 e. The zero-order valence-electron chi connectivity index (χ0n) is 8.71. The van der Waals surface area contributed by atoms with Crippen LogP contribution in [0.15, 0.2) is 9.85 Å². The Morgan fingerprint density at radius 2 is 2.31 bits per heavy atom. The zero-order valence-corrected chi connectivity index (χ0v) is 11.9. The number of rotatable bonds is 2. The third kappa shape index (κ3) is 1.81. The lowest BCUT2D eigenvalue weighted by Crippen LogP contribution is -2.08. The summed E-state index contributed by atoms with van der Waals surface area (Å²) in [6.07, 6.45) is 0. The molecule has 0 atom stereocenters. The van der Waals surface area contributed by atoms with Crippen molar-refractivity contribution in [3.63, 3.8) is 0 Å². The van der Waals surface area contributed by atoms with Gasteiger partial charge in [-0.15, -0.1) is 11.3 Å². The standard InChI is InChI=1S/C9H10BrClN4S/c1-13-6-7(15(2)11)8-4(14-9(6)12)3-5(10)16-8/h3,13H,1-2H3,(H2,12,14). The summed E-state index contributed by atoms with van der Waals surface area (Å²) in [6, 6.07) is 1.93. The van der Waals surface area contributed by atoms with Crippen LogP contribution in [-0.2, 0) is 0 Å². The fourth-order valence-corrected chi connectivity index (χ4v) is 3.40. The molecule has 0 spiro atoms. The molecular weight excluding hydrogens is 312 g/mol. The van der Waals surface area contributed by atoms with Gasteiger partial charge in [0.15, 0.2) is 0 Å². The number of nitrogens with zero attached hydrogens (tertiary/aromatic N) is 2. The van der Waals surface area contributed by atoms with E-state index < -0.39 is 0 Å². The van der Waals surface area contributed by atoms with Crippen LogP contribution >= 0.6 is 39.0 Å². The summed E-state index contributed by atoms with van der Waals surface area (Å²) < 4.78 is 3.53. The number of pyridine rings is 1. The van der Waals surface area contributed by atoms with Crippen LogP contribution in [0, 0.1) is 0 Å². The number of nitrogen functional groups attached to an aromatic ring is 1. The summed E-state index contributed by atoms with van der Waals surface area (Å²) in [6.45, 7) is 0. The van der Waals surface area contributed by atoms with E-state index in [0.717, 1.165) is 25.4 Å². The van der Waals surface area contributed by atoms with Crippen molar-refractivity contribution in [1.82, 2.24) is 4.98 Å². The van der Waals surface area contributed by atoms with Crippen LogP contribution in [0.4, 0.5) is 17.2 Å². The van der Waals surface area contributed by atoms with E-state index in [4.69, 9.17) is 17.5 Å². The molecule has 16 heavy (non-hydrogen) atoms. The van der Waals surface area contributed by atoms with Gasteiger partial charge >= 0.3 is 0 Å². The van der Waals surface area contributed by atoms with Gasteiger partial charge in [0.1, 0.15) is 11.5 Å². The molecule has 7 heteroatoms. The molecule has 86 valence electrons. The highest BCUT2D eigenvalue weighted by Crippen LogP contribution is 2.42. The Hall–Kier alpha value is -0.720. The Bertz CT molecular complexity index is 540. The number of nitrogens with one attached hydrogen (secondary N) is 1. The average molecular weight is 322 g/mol. The van der Waals surface area contributed by atoms with E-state index in [1.807, 2.05) is 6.07 Å². The Labute approximate surface area is 111 Å². The van der Waals surface area contributed by atoms with Gasteiger partial charge in [0, 0.05) is 25.9 Å². The fourth-order valence-electron chi connectivity index (χ4n) is 1.57. The Balaban J connectivity index is 2.86. The van der Waals surface area contributed by atoms with Crippen molar-refractivity contribution in [2.75, 3.05) is 29.6 Å². The predicted molar refractivity (Wildman–Crippen MR) is 75.5 cm³/mol. The number of anilines is 3. The SMILES string of the molecule is CNc1c(N)nc2cc(Br)sc2c1N(C)Cl. The van der Waals surface area contributed by atoms with E-state index in [2.05, 4.69) is 26.2 Å². The molecule has 4 nitrogen and oxygen atoms in total. The number of halogens is 2. The Morgan fingerprint density at radius 1 is 1.62 bits per heavy atom. The third-order valence-corrected chi connectivity index (χ3v) is 3.99. The molecule has 0 aromatic carbocycles. The number of nitrogens with two attached hydrogens (primary N) is 1. The van der Waals surface area contributed by atoms with E-state index >= 15 is 0 Å². The maximum Gasteiger partial charge on any atom is 0.149 e. The van der Waals surface area contributed by atoms with Gasteiger partial charge in [0.2, 0.25) is 0 Å². The van der Waals surface area contributed by atoms with Crippen molar-refractivity contribution >= 4 is 66.5 Å². The third-order valence-electron chi connectivity index (χ3n) is 2.19. The van der Waals surface area contributed by atoms with Crippen molar-refractivity contribution in [1.29, 1.82) is 0 Å². The summed E-state index contributed by atoms with van der Waals surface area (Å²) in [5.41, 5.74) is 8.32. The van der Waals surface area contributed by atoms with Crippen LogP contribution in [0.1, 0.15) is 0 Å². The summed E-state index contributed by atoms with van der Waals surface area (Å²) in [7, 11) is 3.57. The second-order valence-corrected chi connectivity index (χ2v) is 6.15. The highest BCUT2D eigenvalue weighted by molar-refractivity contribution is 9.11. The van der Waals surface area contributed by atoms with Crippen LogP contribution in [0.2, 0.25) is 0 Å². The second kappa shape index (κ2) is 4.27. The fraction of sp³-hybridized carbons (Fsp3) is 0.222. The lowest BCUT2D eigenvalue weighted by molar-refractivity contribution is 1.32. The molecule has 3 N–H and O–H groups in total. The predicted octanol–water partition coefficient (Wildman–Crippen LogP) is 3.27. The molecule has 2 heterocycles. The van der Waals surface area contributed by atoms with Gasteiger partial charge in [0.25, 0.3) is 0 Å². The minimum absolute atomic E-state index is 0.447. The highest BCUT2D eigenvalue weighted by Gasteiger charge is 2.17. The molecule has 2 aromatic rings. The van der Waals surface area contributed by atoms with Crippen LogP contribution in [0.3, 0.4) is 0 Å². The first kappa shape index (κ1) is 11.8. The van der Waals surface area contributed by atoms with Crippen LogP contribution in [-0.4, -0.2) is 19.1 Å². The molecule has 0 unspecified atom stereocenters. The summed E-state index contributed by atoms with van der Waals surface area (Å²) in [5, 5.41) is 3.02. The minimum atomic E-state index is 0.447. The molecule has 2 aromatic heterocycles. The van der Waals surface area contributed by atoms with Gasteiger partial charge in [0.05, 0.1) is 19.7 Å². The molecular formula is C9H10BrClN4S. The molecule has 0 aliphatic rings. The second-order valence-electron chi connectivity index (χ2n) is 3.21. The highest BCUT2D eigenvalue weighted by atomic mass is 79.9. The smallest absolute Gasteiger partial charge is 0.149 e. The van der Waals surface area contributed by atoms with Crippen molar-refractivity contribution < 1.29 is 0 Å². The number of hydrogen-bond acceptors (Lipinski definition) is 5. The van der Waals surface area contributed by atoms with E-state index in [1.165, 1.54) is 4.42 Å². The molecule has 2 rings (SSSR count). The summed E-state index contributed by atoms with van der Waals surface area (Å²) >= 11 is 11.1. The maximum atomic E-state index is 6.05. The van der Waals surface area contributed by atoms with Crippen molar-refractivity contribution in [2.24, 2.45) is 0 Å². The van der Waals surface area contributed by atoms with Crippen molar-refractivity contribution in [2.45, 2.75) is 0 Å². The van der Waals surface area contributed by atoms with Gasteiger partial charge in [-0.1, -0.05) is 0 Å². The average Bonchev–Trinajstić information content (AvgIpc) is 2.55. The summed E-state index contributed by atoms with van der Waals surface area (Å²) in [5.74, 6) is 0.447. The molecule has 0 amide bonds. The Kier molecular flexibility index (Phi) is 3.14. The first-order valence-electron chi connectivity index (χ1n) is 4.50. The van der Waals surface area contributed by atoms with E-state index in [-0.39, 0.29) is 0 Å². The number of aromatic nitrogens is 1. The van der Waals surface area contributed by atoms with E-state index in [0.29, 0.717) is 5.82 Å². The topological polar surface area (TPSA) is 54.2 Å². The van der Waals surface area contributed by atoms with Gasteiger partial charge < -0.3 is 11.1 Å². The molecule has 0 bridgehead atoms. The minimum Gasteiger partial charge on any atom is -0.383 e. The lowest BCUT2D eigenvalue weighted by atomic mass is 10.3. The number of fused-ring (bicyclic) bond motifs is 1. The molecule has 0 saturated heterocycles.